The molecule has 0 aliphatic rings. The zero-order valence-corrected chi connectivity index (χ0v) is 9.67. The minimum absolute atomic E-state index is 0.0243. The first-order valence-corrected chi connectivity index (χ1v) is 5.10. The Morgan fingerprint density at radius 2 is 2.12 bits per heavy atom. The van der Waals surface area contributed by atoms with E-state index in [2.05, 4.69) is 15.3 Å². The maximum Gasteiger partial charge on any atom is 0.154 e. The molecule has 1 N–H and O–H groups in total. The number of aromatic nitrogens is 5. The van der Waals surface area contributed by atoms with Crippen molar-refractivity contribution in [3.05, 3.63) is 29.1 Å². The van der Waals surface area contributed by atoms with Crippen LogP contribution >= 0.6 is 0 Å². The molecule has 2 aromatic heterocycles. The van der Waals surface area contributed by atoms with Crippen molar-refractivity contribution in [2.75, 3.05) is 0 Å². The van der Waals surface area contributed by atoms with E-state index in [9.17, 15) is 5.11 Å². The minimum Gasteiger partial charge on any atom is -0.392 e. The average molecular weight is 221 g/mol. The quantitative estimate of drug-likeness (QED) is 0.802. The second-order valence-corrected chi connectivity index (χ2v) is 3.82. The van der Waals surface area contributed by atoms with Crippen LogP contribution in [0.1, 0.15) is 22.8 Å². The topological polar surface area (TPSA) is 68.8 Å². The summed E-state index contributed by atoms with van der Waals surface area (Å²) >= 11 is 0. The Kier molecular flexibility index (Phi) is 2.74. The van der Waals surface area contributed by atoms with Gasteiger partial charge in [0.2, 0.25) is 0 Å². The Morgan fingerprint density at radius 3 is 2.62 bits per heavy atom. The lowest BCUT2D eigenvalue weighted by Gasteiger charge is -2.03. The number of hydrogen-bond acceptors (Lipinski definition) is 4. The zero-order chi connectivity index (χ0) is 11.7. The van der Waals surface area contributed by atoms with Gasteiger partial charge < -0.3 is 9.67 Å². The van der Waals surface area contributed by atoms with E-state index in [-0.39, 0.29) is 6.61 Å². The molecule has 0 bridgehead atoms. The Bertz CT molecular complexity index is 499. The van der Waals surface area contributed by atoms with Crippen LogP contribution in [0.2, 0.25) is 0 Å². The predicted molar refractivity (Wildman–Crippen MR) is 57.7 cm³/mol. The fourth-order valence-corrected chi connectivity index (χ4v) is 1.70. The molecule has 0 aliphatic heterocycles. The van der Waals surface area contributed by atoms with Gasteiger partial charge in [-0.15, -0.1) is 10.2 Å². The molecule has 2 rings (SSSR count). The summed E-state index contributed by atoms with van der Waals surface area (Å²) in [5, 5.41) is 21.4. The van der Waals surface area contributed by atoms with Gasteiger partial charge in [0.25, 0.3) is 0 Å². The van der Waals surface area contributed by atoms with E-state index in [1.807, 2.05) is 30.1 Å². The fourth-order valence-electron chi connectivity index (χ4n) is 1.70. The Labute approximate surface area is 93.5 Å². The smallest absolute Gasteiger partial charge is 0.154 e. The number of nitrogens with zero attached hydrogens (tertiary/aromatic N) is 5. The van der Waals surface area contributed by atoms with Crippen molar-refractivity contribution >= 4 is 0 Å². The monoisotopic (exact) mass is 221 g/mol. The van der Waals surface area contributed by atoms with Gasteiger partial charge in [-0.25, -0.2) is 0 Å². The third-order valence-corrected chi connectivity index (χ3v) is 2.79. The number of aryl methyl sites for hydroxylation is 2. The van der Waals surface area contributed by atoms with Crippen molar-refractivity contribution in [2.45, 2.75) is 27.0 Å². The Morgan fingerprint density at radius 1 is 1.38 bits per heavy atom. The highest BCUT2D eigenvalue weighted by Crippen LogP contribution is 2.13. The highest BCUT2D eigenvalue weighted by molar-refractivity contribution is 5.23. The lowest BCUT2D eigenvalue weighted by Crippen LogP contribution is -2.09. The SMILES string of the molecule is Cc1nn(Cc2nncn2C)c(C)c1CO. The van der Waals surface area contributed by atoms with Crippen molar-refractivity contribution in [1.29, 1.82) is 0 Å². The number of rotatable bonds is 3. The van der Waals surface area contributed by atoms with E-state index in [0.29, 0.717) is 6.54 Å². The molecule has 0 aromatic carbocycles. The molecule has 0 saturated carbocycles. The van der Waals surface area contributed by atoms with Crippen LogP contribution in [0.3, 0.4) is 0 Å². The maximum absolute atomic E-state index is 9.21. The van der Waals surface area contributed by atoms with Gasteiger partial charge in [-0.3, -0.25) is 4.68 Å². The summed E-state index contributed by atoms with van der Waals surface area (Å²) in [6.07, 6.45) is 1.66. The van der Waals surface area contributed by atoms with Gasteiger partial charge in [-0.05, 0) is 13.8 Å². The lowest BCUT2D eigenvalue weighted by molar-refractivity contribution is 0.280. The number of aliphatic hydroxyl groups excluding tert-OH is 1. The van der Waals surface area contributed by atoms with Gasteiger partial charge >= 0.3 is 0 Å². The first-order valence-electron chi connectivity index (χ1n) is 5.10. The molecular weight excluding hydrogens is 206 g/mol. The van der Waals surface area contributed by atoms with Gasteiger partial charge in [0, 0.05) is 18.3 Å². The molecule has 16 heavy (non-hydrogen) atoms. The highest BCUT2D eigenvalue weighted by atomic mass is 16.3. The molecule has 0 fully saturated rings. The minimum atomic E-state index is 0.0243. The van der Waals surface area contributed by atoms with Crippen LogP contribution in [0.5, 0.6) is 0 Å². The molecule has 0 saturated heterocycles. The Hall–Kier alpha value is -1.69. The summed E-state index contributed by atoms with van der Waals surface area (Å²) in [6.45, 7) is 4.44. The summed E-state index contributed by atoms with van der Waals surface area (Å²) in [4.78, 5) is 0. The van der Waals surface area contributed by atoms with Gasteiger partial charge in [-0.2, -0.15) is 5.10 Å². The van der Waals surface area contributed by atoms with Crippen molar-refractivity contribution in [3.8, 4) is 0 Å². The molecular formula is C10H15N5O. The molecule has 0 amide bonds. The summed E-state index contributed by atoms with van der Waals surface area (Å²) in [7, 11) is 1.90. The number of aliphatic hydroxyl groups is 1. The largest absolute Gasteiger partial charge is 0.392 e. The molecule has 6 heteroatoms. The normalized spacial score (nSPS) is 11.0. The van der Waals surface area contributed by atoms with E-state index < -0.39 is 0 Å². The maximum atomic E-state index is 9.21. The molecule has 86 valence electrons. The van der Waals surface area contributed by atoms with Gasteiger partial charge in [-0.1, -0.05) is 0 Å². The molecule has 0 aliphatic carbocycles. The van der Waals surface area contributed by atoms with Crippen molar-refractivity contribution < 1.29 is 5.11 Å². The summed E-state index contributed by atoms with van der Waals surface area (Å²) in [5.41, 5.74) is 2.73. The molecule has 0 atom stereocenters. The van der Waals surface area contributed by atoms with Crippen LogP contribution in [0.15, 0.2) is 6.33 Å². The fraction of sp³-hybridized carbons (Fsp3) is 0.500. The molecule has 0 radical (unpaired) electrons. The molecule has 2 heterocycles. The lowest BCUT2D eigenvalue weighted by atomic mass is 10.2. The van der Waals surface area contributed by atoms with E-state index in [0.717, 1.165) is 22.8 Å². The highest BCUT2D eigenvalue weighted by Gasteiger charge is 2.12. The third-order valence-electron chi connectivity index (χ3n) is 2.79. The van der Waals surface area contributed by atoms with E-state index in [1.54, 1.807) is 6.33 Å². The number of hydrogen-bond donors (Lipinski definition) is 1. The van der Waals surface area contributed by atoms with Crippen molar-refractivity contribution in [2.24, 2.45) is 7.05 Å². The predicted octanol–water partition coefficient (Wildman–Crippen LogP) is 0.169. The van der Waals surface area contributed by atoms with Crippen molar-refractivity contribution in [1.82, 2.24) is 24.5 Å². The second-order valence-electron chi connectivity index (χ2n) is 3.82. The average Bonchev–Trinajstić information content (AvgIpc) is 2.74. The first kappa shape index (κ1) is 10.8. The molecule has 2 aromatic rings. The third kappa shape index (κ3) is 1.71. The summed E-state index contributed by atoms with van der Waals surface area (Å²) < 4.78 is 3.69. The Balaban J connectivity index is 2.32. The second kappa shape index (κ2) is 4.05. The molecule has 0 unspecified atom stereocenters. The van der Waals surface area contributed by atoms with Gasteiger partial charge in [0.05, 0.1) is 12.3 Å². The van der Waals surface area contributed by atoms with Crippen LogP contribution in [0.4, 0.5) is 0 Å². The van der Waals surface area contributed by atoms with Crippen LogP contribution in [0, 0.1) is 13.8 Å². The summed E-state index contributed by atoms with van der Waals surface area (Å²) in [5.74, 6) is 0.843. The van der Waals surface area contributed by atoms with Gasteiger partial charge in [0.1, 0.15) is 12.9 Å². The molecule has 6 nitrogen and oxygen atoms in total. The standard InChI is InChI=1S/C10H15N5O/c1-7-9(5-16)8(2)15(13-7)4-10-12-11-6-14(10)3/h6,16H,4-5H2,1-3H3. The van der Waals surface area contributed by atoms with Crippen LogP contribution in [-0.4, -0.2) is 29.7 Å². The van der Waals surface area contributed by atoms with Crippen LogP contribution in [-0.2, 0) is 20.2 Å². The molecule has 0 spiro atoms. The van der Waals surface area contributed by atoms with Crippen LogP contribution < -0.4 is 0 Å². The summed E-state index contributed by atoms with van der Waals surface area (Å²) in [6, 6.07) is 0. The van der Waals surface area contributed by atoms with E-state index >= 15 is 0 Å². The van der Waals surface area contributed by atoms with Crippen molar-refractivity contribution in [3.63, 3.8) is 0 Å². The van der Waals surface area contributed by atoms with Crippen LogP contribution in [0.25, 0.3) is 0 Å². The first-order chi connectivity index (χ1) is 7.63. The van der Waals surface area contributed by atoms with Gasteiger partial charge in [0.15, 0.2) is 5.82 Å². The van der Waals surface area contributed by atoms with E-state index in [1.165, 1.54) is 0 Å². The van der Waals surface area contributed by atoms with E-state index in [4.69, 9.17) is 0 Å². The zero-order valence-electron chi connectivity index (χ0n) is 9.67.